The smallest absolute Gasteiger partial charge is 0.263 e. The van der Waals surface area contributed by atoms with Gasteiger partial charge in [0.05, 0.1) is 16.3 Å². The van der Waals surface area contributed by atoms with Gasteiger partial charge in [0.15, 0.2) is 0 Å². The number of hydrogen-bond donors (Lipinski definition) is 2. The molecule has 0 saturated carbocycles. The van der Waals surface area contributed by atoms with Crippen LogP contribution in [0.3, 0.4) is 0 Å². The van der Waals surface area contributed by atoms with Crippen LogP contribution in [-0.4, -0.2) is 68.4 Å². The van der Waals surface area contributed by atoms with Crippen molar-refractivity contribution in [3.8, 4) is 0 Å². The molecule has 1 aliphatic rings. The summed E-state index contributed by atoms with van der Waals surface area (Å²) in [6.07, 6.45) is 0. The first-order valence-corrected chi connectivity index (χ1v) is 9.00. The lowest BCUT2D eigenvalue weighted by Crippen LogP contribution is -2.66. The van der Waals surface area contributed by atoms with Crippen molar-refractivity contribution >= 4 is 86.4 Å². The molecule has 0 radical (unpaired) electrons. The van der Waals surface area contributed by atoms with E-state index in [-0.39, 0.29) is 11.5 Å². The van der Waals surface area contributed by atoms with Crippen molar-refractivity contribution in [2.75, 3.05) is 5.73 Å². The largest absolute Gasteiger partial charge is 0.398 e. The standard InChI is InChI=1S/C14H20B6N4O3/c1-3-22-8-6(5(21)2-4(15)7(8)16)9(25)24(3)14(20)10(17)13(18,19)11(26)23-12(14)27/h2,10H,15-21H2,1H3,(H,23,26,27). The van der Waals surface area contributed by atoms with E-state index < -0.39 is 22.4 Å². The zero-order valence-electron chi connectivity index (χ0n) is 16.9. The summed E-state index contributed by atoms with van der Waals surface area (Å²) in [6, 6.07) is 1.75. The first-order chi connectivity index (χ1) is 12.3. The van der Waals surface area contributed by atoms with Crippen molar-refractivity contribution < 1.29 is 9.59 Å². The molecule has 7 nitrogen and oxygen atoms in total. The maximum Gasteiger partial charge on any atom is 0.263 e. The van der Waals surface area contributed by atoms with E-state index in [1.165, 1.54) is 4.57 Å². The number of carbonyl (C=O) groups is 2. The van der Waals surface area contributed by atoms with Crippen molar-refractivity contribution in [3.63, 3.8) is 0 Å². The van der Waals surface area contributed by atoms with E-state index in [1.54, 1.807) is 36.5 Å². The van der Waals surface area contributed by atoms with Crippen molar-refractivity contribution in [1.29, 1.82) is 0 Å². The number of benzene rings is 1. The number of fused-ring (bicyclic) bond motifs is 1. The molecule has 1 aliphatic heterocycles. The van der Waals surface area contributed by atoms with Gasteiger partial charge in [0.1, 0.15) is 52.9 Å². The Morgan fingerprint density at radius 2 is 1.78 bits per heavy atom. The summed E-state index contributed by atoms with van der Waals surface area (Å²) in [5.41, 5.74) is 7.23. The lowest BCUT2D eigenvalue weighted by atomic mass is 9.35. The number of aryl methyl sites for hydroxylation is 1. The molecule has 2 unspecified atom stereocenters. The monoisotopic (exact) mass is 358 g/mol. The molecule has 2 amide bonds. The number of aromatic nitrogens is 2. The highest BCUT2D eigenvalue weighted by atomic mass is 16.2. The van der Waals surface area contributed by atoms with E-state index in [0.29, 0.717) is 22.4 Å². The Hall–Kier alpha value is -2.31. The van der Waals surface area contributed by atoms with Crippen LogP contribution in [0, 0.1) is 6.92 Å². The fraction of sp³-hybridized carbons (Fsp3) is 0.286. The molecule has 1 aromatic heterocycles. The molecule has 2 aromatic rings. The van der Waals surface area contributed by atoms with Crippen LogP contribution < -0.4 is 27.5 Å². The highest BCUT2D eigenvalue weighted by Gasteiger charge is 2.55. The van der Waals surface area contributed by atoms with Gasteiger partial charge >= 0.3 is 0 Å². The summed E-state index contributed by atoms with van der Waals surface area (Å²) >= 11 is 0. The SMILES string of the molecule is Bc1cc(N)c2c(=O)n(C3(B)C(=O)NC(=O)C(B)(B)C3B)c(C)nc2c1B. The van der Waals surface area contributed by atoms with Gasteiger partial charge in [-0.2, -0.15) is 0 Å². The first kappa shape index (κ1) is 19.5. The second kappa shape index (κ2) is 5.84. The number of hydrogen-bond acceptors (Lipinski definition) is 5. The van der Waals surface area contributed by atoms with Gasteiger partial charge in [-0.15, -0.1) is 0 Å². The van der Waals surface area contributed by atoms with Crippen molar-refractivity contribution in [1.82, 2.24) is 14.9 Å². The second-order valence-electron chi connectivity index (χ2n) is 8.31. The molecular formula is C14H20B6N4O3. The summed E-state index contributed by atoms with van der Waals surface area (Å²) in [6.45, 7) is 1.70. The van der Waals surface area contributed by atoms with E-state index in [2.05, 4.69) is 10.3 Å². The summed E-state index contributed by atoms with van der Waals surface area (Å²) in [4.78, 5) is 43.4. The minimum atomic E-state index is -1.27. The number of imide groups is 1. The van der Waals surface area contributed by atoms with Crippen molar-refractivity contribution in [3.05, 3.63) is 22.2 Å². The number of carbonyl (C=O) groups excluding carboxylic acids is 2. The highest BCUT2D eigenvalue weighted by molar-refractivity contribution is 6.58. The minimum absolute atomic E-state index is 0.305. The minimum Gasteiger partial charge on any atom is -0.398 e. The van der Waals surface area contributed by atoms with E-state index in [0.717, 1.165) is 10.9 Å². The number of nitrogen functional groups attached to an aromatic ring is 1. The van der Waals surface area contributed by atoms with Gasteiger partial charge in [0.2, 0.25) is 11.8 Å². The number of nitrogens with one attached hydrogen (secondary N) is 1. The molecule has 1 saturated heterocycles. The molecule has 1 fully saturated rings. The number of rotatable bonds is 1. The highest BCUT2D eigenvalue weighted by Crippen LogP contribution is 2.45. The molecule has 132 valence electrons. The third-order valence-electron chi connectivity index (χ3n) is 6.52. The quantitative estimate of drug-likeness (QED) is 0.300. The molecule has 13 heteroatoms. The maximum absolute atomic E-state index is 13.5. The Bertz CT molecular complexity index is 1080. The molecule has 3 rings (SSSR count). The Labute approximate surface area is 162 Å². The molecule has 0 spiro atoms. The molecule has 1 aromatic carbocycles. The van der Waals surface area contributed by atoms with Crippen LogP contribution in [0.2, 0.25) is 11.0 Å². The van der Waals surface area contributed by atoms with Gasteiger partial charge in [-0.05, 0) is 24.0 Å². The zero-order valence-corrected chi connectivity index (χ0v) is 16.9. The molecular weight excluding hydrogens is 337 g/mol. The van der Waals surface area contributed by atoms with Gasteiger partial charge in [-0.25, -0.2) is 4.98 Å². The van der Waals surface area contributed by atoms with Gasteiger partial charge < -0.3 is 5.73 Å². The van der Waals surface area contributed by atoms with Crippen LogP contribution in [-0.2, 0) is 15.0 Å². The van der Waals surface area contributed by atoms with Crippen molar-refractivity contribution in [2.24, 2.45) is 0 Å². The van der Waals surface area contributed by atoms with Gasteiger partial charge in [-0.3, -0.25) is 24.3 Å². The number of anilines is 1. The average molecular weight is 357 g/mol. The van der Waals surface area contributed by atoms with Crippen LogP contribution in [0.1, 0.15) is 5.82 Å². The lowest BCUT2D eigenvalue weighted by molar-refractivity contribution is -0.138. The van der Waals surface area contributed by atoms with E-state index >= 15 is 0 Å². The normalized spacial score (nSPS) is 24.7. The number of nitrogens with zero attached hydrogens (tertiary/aromatic N) is 2. The van der Waals surface area contributed by atoms with Crippen LogP contribution in [0.15, 0.2) is 10.9 Å². The predicted octanol–water partition coefficient (Wildman–Crippen LogP) is -7.45. The summed E-state index contributed by atoms with van der Waals surface area (Å²) in [5, 5.41) is 1.90. The lowest BCUT2D eigenvalue weighted by Gasteiger charge is -2.48. The Morgan fingerprint density at radius 1 is 1.19 bits per heavy atom. The molecule has 2 heterocycles. The molecule has 0 aliphatic carbocycles. The molecule has 2 atom stereocenters. The first-order valence-electron chi connectivity index (χ1n) is 9.00. The third kappa shape index (κ3) is 2.43. The average Bonchev–Trinajstić information content (AvgIpc) is 2.56. The molecule has 3 N–H and O–H groups in total. The Kier molecular flexibility index (Phi) is 4.21. The number of nitrogens with two attached hydrogens (primary N) is 1. The molecule has 0 bridgehead atoms. The number of amides is 2. The van der Waals surface area contributed by atoms with Gasteiger partial charge in [-0.1, -0.05) is 10.9 Å². The Balaban J connectivity index is 2.43. The van der Waals surface area contributed by atoms with Gasteiger partial charge in [0.25, 0.3) is 5.56 Å². The fourth-order valence-electron chi connectivity index (χ4n) is 4.09. The van der Waals surface area contributed by atoms with Gasteiger partial charge in [0, 0.05) is 5.69 Å². The maximum atomic E-state index is 13.5. The summed E-state index contributed by atoms with van der Waals surface area (Å²) < 4.78 is 1.40. The zero-order chi connectivity index (χ0) is 20.5. The van der Waals surface area contributed by atoms with Crippen LogP contribution in [0.25, 0.3) is 10.9 Å². The molecule has 27 heavy (non-hydrogen) atoms. The summed E-state index contributed by atoms with van der Waals surface area (Å²) in [5.74, 6) is -0.874. The third-order valence-corrected chi connectivity index (χ3v) is 6.52. The van der Waals surface area contributed by atoms with E-state index in [4.69, 9.17) is 5.73 Å². The summed E-state index contributed by atoms with van der Waals surface area (Å²) in [7, 11) is 10.9. The van der Waals surface area contributed by atoms with Crippen LogP contribution in [0.5, 0.6) is 0 Å². The van der Waals surface area contributed by atoms with Crippen molar-refractivity contribution in [2.45, 2.75) is 23.4 Å². The topological polar surface area (TPSA) is 107 Å². The van der Waals surface area contributed by atoms with Crippen LogP contribution >= 0.6 is 0 Å². The van der Waals surface area contributed by atoms with E-state index in [1.807, 2.05) is 23.5 Å². The number of piperidine rings is 1. The fourth-order valence-corrected chi connectivity index (χ4v) is 4.09. The van der Waals surface area contributed by atoms with E-state index in [9.17, 15) is 14.4 Å². The second-order valence-corrected chi connectivity index (χ2v) is 8.31. The Morgan fingerprint density at radius 3 is 2.37 bits per heavy atom. The predicted molar refractivity (Wildman–Crippen MR) is 123 cm³/mol. The van der Waals surface area contributed by atoms with Crippen LogP contribution in [0.4, 0.5) is 5.69 Å².